The van der Waals surface area contributed by atoms with E-state index in [1.165, 1.54) is 6.08 Å². The Kier molecular flexibility index (Phi) is 5.45. The Morgan fingerprint density at radius 2 is 2.10 bits per heavy atom. The molecule has 0 fully saturated rings. The van der Waals surface area contributed by atoms with Crippen molar-refractivity contribution < 1.29 is 27.9 Å². The van der Waals surface area contributed by atoms with Gasteiger partial charge in [-0.25, -0.2) is 4.79 Å². The molecule has 0 aliphatic rings. The van der Waals surface area contributed by atoms with Crippen molar-refractivity contribution in [1.29, 1.82) is 0 Å². The van der Waals surface area contributed by atoms with Crippen molar-refractivity contribution in [2.45, 2.75) is 25.1 Å². The third-order valence-electron chi connectivity index (χ3n) is 2.58. The number of pyridine rings is 1. The Balaban J connectivity index is 2.78. The number of carbonyl (C=O) groups excluding carboxylic acids is 1. The van der Waals surface area contributed by atoms with Gasteiger partial charge in [-0.2, -0.15) is 13.2 Å². The van der Waals surface area contributed by atoms with Crippen LogP contribution in [0.3, 0.4) is 0 Å². The summed E-state index contributed by atoms with van der Waals surface area (Å²) < 4.78 is 37.0. The number of carboxylic acid groups (broad SMARTS) is 1. The largest absolute Gasteiger partial charge is 0.480 e. The normalized spacial score (nSPS) is 12.5. The van der Waals surface area contributed by atoms with E-state index in [1.54, 1.807) is 0 Å². The van der Waals surface area contributed by atoms with Crippen molar-refractivity contribution in [2.75, 3.05) is 0 Å². The van der Waals surface area contributed by atoms with Crippen LogP contribution >= 0.6 is 0 Å². The zero-order chi connectivity index (χ0) is 16.0. The molecule has 2 N–H and O–H groups in total. The molecule has 21 heavy (non-hydrogen) atoms. The van der Waals surface area contributed by atoms with Gasteiger partial charge in [0, 0.05) is 6.20 Å². The van der Waals surface area contributed by atoms with E-state index in [4.69, 9.17) is 5.11 Å². The van der Waals surface area contributed by atoms with Crippen LogP contribution in [-0.4, -0.2) is 28.0 Å². The number of nitrogens with zero attached hydrogens (tertiary/aromatic N) is 1. The molecule has 114 valence electrons. The Hall–Kier alpha value is -2.38. The van der Waals surface area contributed by atoms with E-state index in [0.29, 0.717) is 12.5 Å². The average Bonchev–Trinajstić information content (AvgIpc) is 2.42. The first-order valence-corrected chi connectivity index (χ1v) is 5.93. The maximum atomic E-state index is 12.3. The van der Waals surface area contributed by atoms with Gasteiger partial charge in [-0.1, -0.05) is 6.08 Å². The Bertz CT molecular complexity index is 526. The van der Waals surface area contributed by atoms with Gasteiger partial charge in [-0.15, -0.1) is 6.58 Å². The van der Waals surface area contributed by atoms with Crippen molar-refractivity contribution in [3.63, 3.8) is 0 Å². The van der Waals surface area contributed by atoms with E-state index in [9.17, 15) is 22.8 Å². The molecule has 1 rings (SSSR count). The van der Waals surface area contributed by atoms with Crippen LogP contribution in [0.1, 0.15) is 28.9 Å². The molecule has 1 heterocycles. The molecule has 0 saturated heterocycles. The van der Waals surface area contributed by atoms with Crippen LogP contribution < -0.4 is 5.32 Å². The van der Waals surface area contributed by atoms with Crippen molar-refractivity contribution in [3.8, 4) is 0 Å². The maximum Gasteiger partial charge on any atom is 0.433 e. The van der Waals surface area contributed by atoms with E-state index in [2.05, 4.69) is 16.9 Å². The quantitative estimate of drug-likeness (QED) is 0.790. The van der Waals surface area contributed by atoms with E-state index < -0.39 is 29.8 Å². The molecular weight excluding hydrogens is 289 g/mol. The first kappa shape index (κ1) is 16.7. The zero-order valence-electron chi connectivity index (χ0n) is 10.9. The number of halogens is 3. The van der Waals surface area contributed by atoms with Crippen LogP contribution in [-0.2, 0) is 11.0 Å². The summed E-state index contributed by atoms with van der Waals surface area (Å²) in [5.74, 6) is -2.03. The minimum absolute atomic E-state index is 0.138. The summed E-state index contributed by atoms with van der Waals surface area (Å²) in [5, 5.41) is 11.2. The summed E-state index contributed by atoms with van der Waals surface area (Å²) in [4.78, 5) is 25.8. The number of allylic oxidation sites excluding steroid dienone is 1. The van der Waals surface area contributed by atoms with Crippen LogP contribution in [0, 0.1) is 0 Å². The van der Waals surface area contributed by atoms with Crippen LogP contribution in [0.4, 0.5) is 13.2 Å². The summed E-state index contributed by atoms with van der Waals surface area (Å²) in [6.45, 7) is 3.44. The fraction of sp³-hybridized carbons (Fsp3) is 0.308. The van der Waals surface area contributed by atoms with Gasteiger partial charge < -0.3 is 10.4 Å². The van der Waals surface area contributed by atoms with Crippen LogP contribution in [0.15, 0.2) is 31.0 Å². The summed E-state index contributed by atoms with van der Waals surface area (Å²) >= 11 is 0. The van der Waals surface area contributed by atoms with Crippen LogP contribution in [0.2, 0.25) is 0 Å². The second-order valence-corrected chi connectivity index (χ2v) is 4.16. The molecule has 5 nitrogen and oxygen atoms in total. The highest BCUT2D eigenvalue weighted by Gasteiger charge is 2.32. The molecule has 0 aliphatic heterocycles. The molecule has 0 bridgehead atoms. The number of carbonyl (C=O) groups is 2. The number of nitrogens with one attached hydrogen (secondary N) is 1. The van der Waals surface area contributed by atoms with E-state index >= 15 is 0 Å². The molecular formula is C13H13F3N2O3. The lowest BCUT2D eigenvalue weighted by molar-refractivity contribution is -0.141. The molecule has 0 aromatic carbocycles. The van der Waals surface area contributed by atoms with Crippen molar-refractivity contribution in [3.05, 3.63) is 42.2 Å². The second-order valence-electron chi connectivity index (χ2n) is 4.16. The monoisotopic (exact) mass is 302 g/mol. The predicted octanol–water partition coefficient (Wildman–Crippen LogP) is 2.25. The average molecular weight is 302 g/mol. The summed E-state index contributed by atoms with van der Waals surface area (Å²) in [5.41, 5.74) is -1.27. The van der Waals surface area contributed by atoms with E-state index in [0.717, 1.165) is 12.3 Å². The molecule has 1 atom stereocenters. The smallest absolute Gasteiger partial charge is 0.433 e. The van der Waals surface area contributed by atoms with Gasteiger partial charge in [0.1, 0.15) is 11.7 Å². The molecule has 1 aromatic heterocycles. The molecule has 0 saturated carbocycles. The highest BCUT2D eigenvalue weighted by molar-refractivity contribution is 5.96. The number of rotatable bonds is 6. The van der Waals surface area contributed by atoms with Gasteiger partial charge in [0.05, 0.1) is 5.56 Å². The minimum Gasteiger partial charge on any atom is -0.480 e. The minimum atomic E-state index is -4.59. The first-order chi connectivity index (χ1) is 9.75. The van der Waals surface area contributed by atoms with Gasteiger partial charge in [0.25, 0.3) is 5.91 Å². The number of aliphatic carboxylic acids is 1. The SMILES string of the molecule is C=CCCC(NC(=O)c1ccc(C(F)(F)F)nc1)C(=O)O. The molecule has 1 unspecified atom stereocenters. The third kappa shape index (κ3) is 4.90. The molecule has 0 aliphatic carbocycles. The fourth-order valence-corrected chi connectivity index (χ4v) is 1.48. The van der Waals surface area contributed by atoms with Crippen molar-refractivity contribution in [1.82, 2.24) is 10.3 Å². The molecule has 0 radical (unpaired) electrons. The van der Waals surface area contributed by atoms with Crippen LogP contribution in [0.25, 0.3) is 0 Å². The lowest BCUT2D eigenvalue weighted by atomic mass is 10.1. The zero-order valence-corrected chi connectivity index (χ0v) is 10.9. The lowest BCUT2D eigenvalue weighted by Gasteiger charge is -2.13. The highest BCUT2D eigenvalue weighted by atomic mass is 19.4. The Labute approximate surface area is 118 Å². The second kappa shape index (κ2) is 6.87. The van der Waals surface area contributed by atoms with Gasteiger partial charge in [0.15, 0.2) is 0 Å². The van der Waals surface area contributed by atoms with Gasteiger partial charge in [-0.05, 0) is 25.0 Å². The first-order valence-electron chi connectivity index (χ1n) is 5.93. The van der Waals surface area contributed by atoms with Gasteiger partial charge >= 0.3 is 12.1 Å². The predicted molar refractivity (Wildman–Crippen MR) is 67.6 cm³/mol. The van der Waals surface area contributed by atoms with Gasteiger partial charge in [-0.3, -0.25) is 9.78 Å². The van der Waals surface area contributed by atoms with Gasteiger partial charge in [0.2, 0.25) is 0 Å². The third-order valence-corrected chi connectivity index (χ3v) is 2.58. The standard InChI is InChI=1S/C13H13F3N2O3/c1-2-3-4-9(12(20)21)18-11(19)8-5-6-10(17-7-8)13(14,15)16/h2,5-7,9H,1,3-4H2,(H,18,19)(H,20,21). The molecule has 1 aromatic rings. The number of carboxylic acids is 1. The number of alkyl halides is 3. The highest BCUT2D eigenvalue weighted by Crippen LogP contribution is 2.27. The molecule has 0 spiro atoms. The maximum absolute atomic E-state index is 12.3. The topological polar surface area (TPSA) is 79.3 Å². The summed E-state index contributed by atoms with van der Waals surface area (Å²) in [6, 6.07) is 0.462. The summed E-state index contributed by atoms with van der Waals surface area (Å²) in [7, 11) is 0. The molecule has 1 amide bonds. The van der Waals surface area contributed by atoms with E-state index in [-0.39, 0.29) is 12.0 Å². The fourth-order valence-electron chi connectivity index (χ4n) is 1.48. The number of hydrogen-bond donors (Lipinski definition) is 2. The number of amides is 1. The number of hydrogen-bond acceptors (Lipinski definition) is 3. The van der Waals surface area contributed by atoms with Crippen molar-refractivity contribution >= 4 is 11.9 Å². The Morgan fingerprint density at radius 1 is 1.43 bits per heavy atom. The summed E-state index contributed by atoms with van der Waals surface area (Å²) in [6.07, 6.45) is -1.82. The van der Waals surface area contributed by atoms with Crippen molar-refractivity contribution in [2.24, 2.45) is 0 Å². The lowest BCUT2D eigenvalue weighted by Crippen LogP contribution is -2.40. The number of aromatic nitrogens is 1. The molecule has 8 heteroatoms. The van der Waals surface area contributed by atoms with Crippen LogP contribution in [0.5, 0.6) is 0 Å². The van der Waals surface area contributed by atoms with E-state index in [1.807, 2.05) is 0 Å². The Morgan fingerprint density at radius 3 is 2.52 bits per heavy atom.